The molecule has 2 fully saturated rings. The van der Waals surface area contributed by atoms with Crippen LogP contribution in [-0.2, 0) is 4.79 Å². The fraction of sp³-hybridized carbons (Fsp3) is 0.609. The SMILES string of the molecule is CCN1CCN(C(=O)N2c3ccc(C(=O)NCCC4CC4)cc3NC(=O)C[C@@H]2C)CC1. The third-order valence-electron chi connectivity index (χ3n) is 6.55. The highest BCUT2D eigenvalue weighted by atomic mass is 16.2. The smallest absolute Gasteiger partial charge is 0.324 e. The zero-order chi connectivity index (χ0) is 22.0. The topological polar surface area (TPSA) is 85.0 Å². The van der Waals surface area contributed by atoms with Gasteiger partial charge in [-0.1, -0.05) is 19.8 Å². The lowest BCUT2D eigenvalue weighted by Crippen LogP contribution is -2.54. The van der Waals surface area contributed by atoms with Gasteiger partial charge in [-0.3, -0.25) is 14.5 Å². The Bertz CT molecular complexity index is 846. The van der Waals surface area contributed by atoms with E-state index < -0.39 is 0 Å². The Kier molecular flexibility index (Phi) is 6.46. The molecule has 0 radical (unpaired) electrons. The van der Waals surface area contributed by atoms with E-state index in [0.717, 1.165) is 32.0 Å². The van der Waals surface area contributed by atoms with Crippen LogP contribution in [0.1, 0.15) is 49.9 Å². The van der Waals surface area contributed by atoms with Crippen LogP contribution in [0.25, 0.3) is 0 Å². The van der Waals surface area contributed by atoms with Gasteiger partial charge in [0.25, 0.3) is 5.91 Å². The number of rotatable bonds is 5. The van der Waals surface area contributed by atoms with Crippen molar-refractivity contribution in [2.24, 2.45) is 5.92 Å². The van der Waals surface area contributed by atoms with E-state index in [-0.39, 0.29) is 30.3 Å². The van der Waals surface area contributed by atoms with Crippen LogP contribution in [0, 0.1) is 5.92 Å². The van der Waals surface area contributed by atoms with Crippen molar-refractivity contribution in [3.05, 3.63) is 23.8 Å². The summed E-state index contributed by atoms with van der Waals surface area (Å²) in [4.78, 5) is 44.3. The molecule has 2 aliphatic heterocycles. The quantitative estimate of drug-likeness (QED) is 0.756. The molecule has 168 valence electrons. The van der Waals surface area contributed by atoms with Gasteiger partial charge in [0.15, 0.2) is 0 Å². The van der Waals surface area contributed by atoms with Gasteiger partial charge in [0.2, 0.25) is 5.91 Å². The van der Waals surface area contributed by atoms with E-state index in [2.05, 4.69) is 22.5 Å². The number of fused-ring (bicyclic) bond motifs is 1. The first-order valence-corrected chi connectivity index (χ1v) is 11.5. The first-order chi connectivity index (χ1) is 15.0. The fourth-order valence-electron chi connectivity index (χ4n) is 4.38. The van der Waals surface area contributed by atoms with Crippen LogP contribution >= 0.6 is 0 Å². The molecule has 2 N–H and O–H groups in total. The number of likely N-dealkylation sites (N-methyl/N-ethyl adjacent to an activating group) is 1. The number of nitrogens with one attached hydrogen (secondary N) is 2. The normalized spacial score (nSPS) is 21.9. The number of carbonyl (C=O) groups is 3. The van der Waals surface area contributed by atoms with Crippen LogP contribution in [0.5, 0.6) is 0 Å². The lowest BCUT2D eigenvalue weighted by Gasteiger charge is -2.38. The van der Waals surface area contributed by atoms with Gasteiger partial charge >= 0.3 is 6.03 Å². The van der Waals surface area contributed by atoms with E-state index >= 15 is 0 Å². The number of hydrogen-bond acceptors (Lipinski definition) is 4. The van der Waals surface area contributed by atoms with Crippen LogP contribution in [0.2, 0.25) is 0 Å². The lowest BCUT2D eigenvalue weighted by molar-refractivity contribution is -0.116. The third-order valence-corrected chi connectivity index (χ3v) is 6.55. The number of carbonyl (C=O) groups excluding carboxylic acids is 3. The predicted molar refractivity (Wildman–Crippen MR) is 120 cm³/mol. The summed E-state index contributed by atoms with van der Waals surface area (Å²) in [6, 6.07) is 4.87. The summed E-state index contributed by atoms with van der Waals surface area (Å²) >= 11 is 0. The number of urea groups is 1. The number of piperazine rings is 1. The highest BCUT2D eigenvalue weighted by molar-refractivity contribution is 6.06. The fourth-order valence-corrected chi connectivity index (χ4v) is 4.38. The number of nitrogens with zero attached hydrogens (tertiary/aromatic N) is 3. The van der Waals surface area contributed by atoms with Crippen molar-refractivity contribution in [1.82, 2.24) is 15.1 Å². The maximum atomic E-state index is 13.4. The minimum absolute atomic E-state index is 0.0809. The number of amides is 4. The Balaban J connectivity index is 1.52. The minimum atomic E-state index is -0.267. The lowest BCUT2D eigenvalue weighted by atomic mass is 10.1. The van der Waals surface area contributed by atoms with Gasteiger partial charge in [0, 0.05) is 50.7 Å². The van der Waals surface area contributed by atoms with Crippen molar-refractivity contribution in [2.45, 2.75) is 45.6 Å². The molecule has 2 heterocycles. The predicted octanol–water partition coefficient (Wildman–Crippen LogP) is 2.51. The van der Waals surface area contributed by atoms with Crippen molar-refractivity contribution >= 4 is 29.2 Å². The molecule has 1 saturated heterocycles. The molecule has 0 aromatic heterocycles. The van der Waals surface area contributed by atoms with Crippen molar-refractivity contribution in [1.29, 1.82) is 0 Å². The van der Waals surface area contributed by atoms with E-state index in [1.807, 2.05) is 11.8 Å². The summed E-state index contributed by atoms with van der Waals surface area (Å²) in [6.45, 7) is 8.73. The first kappa shape index (κ1) is 21.6. The molecule has 0 spiro atoms. The highest BCUT2D eigenvalue weighted by Crippen LogP contribution is 2.34. The monoisotopic (exact) mass is 427 g/mol. The van der Waals surface area contributed by atoms with Crippen LogP contribution in [0.3, 0.4) is 0 Å². The summed E-state index contributed by atoms with van der Waals surface area (Å²) in [7, 11) is 0. The van der Waals surface area contributed by atoms with Crippen molar-refractivity contribution in [3.63, 3.8) is 0 Å². The molecule has 0 bridgehead atoms. The van der Waals surface area contributed by atoms with Gasteiger partial charge in [-0.2, -0.15) is 0 Å². The average molecular weight is 428 g/mol. The van der Waals surface area contributed by atoms with E-state index in [9.17, 15) is 14.4 Å². The van der Waals surface area contributed by atoms with Crippen molar-refractivity contribution < 1.29 is 14.4 Å². The zero-order valence-corrected chi connectivity index (χ0v) is 18.5. The Morgan fingerprint density at radius 1 is 1.16 bits per heavy atom. The van der Waals surface area contributed by atoms with Gasteiger partial charge in [-0.05, 0) is 44.0 Å². The Morgan fingerprint density at radius 2 is 1.90 bits per heavy atom. The molecular formula is C23H33N5O3. The molecule has 1 atom stereocenters. The molecule has 1 aromatic carbocycles. The Morgan fingerprint density at radius 3 is 2.58 bits per heavy atom. The first-order valence-electron chi connectivity index (χ1n) is 11.5. The van der Waals surface area contributed by atoms with Crippen molar-refractivity contribution in [2.75, 3.05) is 49.5 Å². The van der Waals surface area contributed by atoms with Gasteiger partial charge in [-0.25, -0.2) is 4.79 Å². The summed E-state index contributed by atoms with van der Waals surface area (Å²) in [6.07, 6.45) is 3.75. The summed E-state index contributed by atoms with van der Waals surface area (Å²) in [5.41, 5.74) is 1.66. The van der Waals surface area contributed by atoms with Gasteiger partial charge in [0.05, 0.1) is 11.4 Å². The van der Waals surface area contributed by atoms with Gasteiger partial charge in [0.1, 0.15) is 0 Å². The summed E-state index contributed by atoms with van der Waals surface area (Å²) < 4.78 is 0. The second-order valence-electron chi connectivity index (χ2n) is 8.90. The van der Waals surface area contributed by atoms with E-state index in [4.69, 9.17) is 0 Å². The van der Waals surface area contributed by atoms with E-state index in [1.54, 1.807) is 23.1 Å². The Labute approximate surface area is 183 Å². The van der Waals surface area contributed by atoms with E-state index in [0.29, 0.717) is 36.6 Å². The molecule has 8 nitrogen and oxygen atoms in total. The largest absolute Gasteiger partial charge is 0.352 e. The maximum Gasteiger partial charge on any atom is 0.324 e. The summed E-state index contributed by atoms with van der Waals surface area (Å²) in [5, 5.41) is 5.86. The van der Waals surface area contributed by atoms with Crippen molar-refractivity contribution in [3.8, 4) is 0 Å². The molecule has 0 unspecified atom stereocenters. The zero-order valence-electron chi connectivity index (χ0n) is 18.5. The molecule has 4 rings (SSSR count). The number of anilines is 2. The molecule has 4 amide bonds. The molecule has 1 aromatic rings. The summed E-state index contributed by atoms with van der Waals surface area (Å²) in [5.74, 6) is 0.460. The van der Waals surface area contributed by atoms with E-state index in [1.165, 1.54) is 12.8 Å². The number of benzene rings is 1. The molecule has 1 aliphatic carbocycles. The van der Waals surface area contributed by atoms with Crippen LogP contribution in [0.4, 0.5) is 16.2 Å². The minimum Gasteiger partial charge on any atom is -0.352 e. The molecule has 31 heavy (non-hydrogen) atoms. The maximum absolute atomic E-state index is 13.4. The van der Waals surface area contributed by atoms with Crippen LogP contribution in [0.15, 0.2) is 18.2 Å². The molecule has 1 saturated carbocycles. The van der Waals surface area contributed by atoms with Crippen LogP contribution in [-0.4, -0.2) is 73.0 Å². The second-order valence-corrected chi connectivity index (χ2v) is 8.90. The molecular weight excluding hydrogens is 394 g/mol. The second kappa shape index (κ2) is 9.26. The number of hydrogen-bond donors (Lipinski definition) is 2. The van der Waals surface area contributed by atoms with Gasteiger partial charge < -0.3 is 20.4 Å². The van der Waals surface area contributed by atoms with Gasteiger partial charge in [-0.15, -0.1) is 0 Å². The molecule has 3 aliphatic rings. The highest BCUT2D eigenvalue weighted by Gasteiger charge is 2.34. The Hall–Kier alpha value is -2.61. The average Bonchev–Trinajstić information content (AvgIpc) is 3.59. The standard InChI is InChI=1S/C23H33N5O3/c1-3-26-10-12-27(13-11-26)23(31)28-16(2)14-21(29)25-19-15-18(6-7-20(19)28)22(30)24-9-8-17-4-5-17/h6-7,15-17H,3-5,8-14H2,1-2H3,(H,24,30)(H,25,29)/t16-/m0/s1. The third kappa shape index (κ3) is 5.01. The molecule has 8 heteroatoms. The van der Waals surface area contributed by atoms with Crippen LogP contribution < -0.4 is 15.5 Å².